The summed E-state index contributed by atoms with van der Waals surface area (Å²) in [6.07, 6.45) is 3.54. The van der Waals surface area contributed by atoms with Crippen molar-refractivity contribution in [2.45, 2.75) is 19.8 Å². The first-order chi connectivity index (χ1) is 7.70. The number of carbonyl (C=O) groups excluding carboxylic acids is 1. The number of benzene rings is 1. The molecule has 1 aliphatic carbocycles. The first-order valence-electron chi connectivity index (χ1n) is 5.37. The zero-order valence-electron chi connectivity index (χ0n) is 9.13. The number of ether oxygens (including phenoxy) is 1. The van der Waals surface area contributed by atoms with E-state index in [0.29, 0.717) is 6.61 Å². The molecule has 0 saturated carbocycles. The summed E-state index contributed by atoms with van der Waals surface area (Å²) in [7, 11) is 0. The van der Waals surface area contributed by atoms with E-state index in [0.717, 1.165) is 22.9 Å². The smallest absolute Gasteiger partial charge is 0.331 e. The molecular weight excluding hydrogens is 268 g/mol. The third-order valence-corrected chi connectivity index (χ3v) is 3.15. The van der Waals surface area contributed by atoms with Gasteiger partial charge in [-0.3, -0.25) is 0 Å². The van der Waals surface area contributed by atoms with Gasteiger partial charge in [-0.2, -0.15) is 0 Å². The van der Waals surface area contributed by atoms with Crippen molar-refractivity contribution < 1.29 is 9.53 Å². The molecule has 3 heteroatoms. The van der Waals surface area contributed by atoms with Gasteiger partial charge in [-0.05, 0) is 48.6 Å². The quantitative estimate of drug-likeness (QED) is 0.614. The maximum atomic E-state index is 11.4. The summed E-state index contributed by atoms with van der Waals surface area (Å²) in [6, 6.07) is 6.17. The molecule has 0 heterocycles. The highest BCUT2D eigenvalue weighted by Crippen LogP contribution is 2.33. The zero-order chi connectivity index (χ0) is 11.5. The van der Waals surface area contributed by atoms with E-state index in [-0.39, 0.29) is 5.97 Å². The van der Waals surface area contributed by atoms with Crippen LogP contribution in [0.2, 0.25) is 0 Å². The van der Waals surface area contributed by atoms with Crippen LogP contribution in [-0.4, -0.2) is 12.6 Å². The third kappa shape index (κ3) is 2.35. The van der Waals surface area contributed by atoms with E-state index in [1.807, 2.05) is 13.0 Å². The molecular formula is C13H13BrO2. The van der Waals surface area contributed by atoms with Crippen molar-refractivity contribution in [2.24, 2.45) is 0 Å². The molecule has 0 radical (unpaired) electrons. The van der Waals surface area contributed by atoms with Crippen molar-refractivity contribution in [1.82, 2.24) is 0 Å². The molecule has 0 fully saturated rings. The topological polar surface area (TPSA) is 26.3 Å². The van der Waals surface area contributed by atoms with Crippen molar-refractivity contribution in [3.63, 3.8) is 0 Å². The molecule has 1 aromatic rings. The van der Waals surface area contributed by atoms with Crippen LogP contribution in [0.25, 0.3) is 5.57 Å². The van der Waals surface area contributed by atoms with Gasteiger partial charge in [0, 0.05) is 10.5 Å². The van der Waals surface area contributed by atoms with E-state index < -0.39 is 0 Å². The van der Waals surface area contributed by atoms with Crippen LogP contribution in [0.15, 0.2) is 28.7 Å². The van der Waals surface area contributed by atoms with E-state index in [4.69, 9.17) is 4.74 Å². The van der Waals surface area contributed by atoms with Crippen LogP contribution in [0.4, 0.5) is 0 Å². The summed E-state index contributed by atoms with van der Waals surface area (Å²) in [5.41, 5.74) is 3.56. The number of halogens is 1. The fourth-order valence-electron chi connectivity index (χ4n) is 1.96. The van der Waals surface area contributed by atoms with Crippen LogP contribution in [0.5, 0.6) is 0 Å². The standard InChI is InChI=1S/C13H13BrO2/c1-2-16-13(15)8-10-4-3-9-7-11(14)5-6-12(9)10/h5-8H,2-4H2,1H3/b10-8+. The van der Waals surface area contributed by atoms with Gasteiger partial charge >= 0.3 is 5.97 Å². The van der Waals surface area contributed by atoms with Crippen molar-refractivity contribution >= 4 is 27.5 Å². The summed E-state index contributed by atoms with van der Waals surface area (Å²) in [6.45, 7) is 2.24. The van der Waals surface area contributed by atoms with Gasteiger partial charge in [0.25, 0.3) is 0 Å². The highest BCUT2D eigenvalue weighted by molar-refractivity contribution is 9.10. The Kier molecular flexibility index (Phi) is 3.44. The van der Waals surface area contributed by atoms with Crippen LogP contribution >= 0.6 is 15.9 Å². The van der Waals surface area contributed by atoms with Crippen LogP contribution in [0.3, 0.4) is 0 Å². The number of esters is 1. The zero-order valence-corrected chi connectivity index (χ0v) is 10.7. The Morgan fingerprint density at radius 3 is 3.06 bits per heavy atom. The summed E-state index contributed by atoms with van der Waals surface area (Å²) < 4.78 is 6.00. The Bertz CT molecular complexity index is 449. The summed E-state index contributed by atoms with van der Waals surface area (Å²) >= 11 is 3.45. The normalized spacial score (nSPS) is 16.2. The molecule has 1 aliphatic rings. The molecule has 0 atom stereocenters. The average molecular weight is 281 g/mol. The van der Waals surface area contributed by atoms with Gasteiger partial charge in [-0.25, -0.2) is 4.79 Å². The van der Waals surface area contributed by atoms with Crippen LogP contribution in [-0.2, 0) is 16.0 Å². The number of aryl methyl sites for hydroxylation is 1. The number of carbonyl (C=O) groups is 1. The Labute approximate surface area is 103 Å². The second-order valence-corrected chi connectivity index (χ2v) is 4.64. The SMILES string of the molecule is CCOC(=O)/C=C1\CCc2cc(Br)ccc21. The summed E-state index contributed by atoms with van der Waals surface area (Å²) in [5.74, 6) is -0.242. The molecule has 2 rings (SSSR count). The van der Waals surface area contributed by atoms with Crippen molar-refractivity contribution in [2.75, 3.05) is 6.61 Å². The lowest BCUT2D eigenvalue weighted by atomic mass is 10.1. The van der Waals surface area contributed by atoms with E-state index >= 15 is 0 Å². The van der Waals surface area contributed by atoms with Crippen LogP contribution < -0.4 is 0 Å². The predicted octanol–water partition coefficient (Wildman–Crippen LogP) is 3.34. The van der Waals surface area contributed by atoms with Crippen molar-refractivity contribution in [3.05, 3.63) is 39.9 Å². The van der Waals surface area contributed by atoms with Crippen molar-refractivity contribution in [3.8, 4) is 0 Å². The highest BCUT2D eigenvalue weighted by atomic mass is 79.9. The van der Waals surface area contributed by atoms with Gasteiger partial charge in [0.2, 0.25) is 0 Å². The lowest BCUT2D eigenvalue weighted by Gasteiger charge is -2.01. The Morgan fingerprint density at radius 1 is 1.50 bits per heavy atom. The summed E-state index contributed by atoms with van der Waals surface area (Å²) in [5, 5.41) is 0. The van der Waals surface area contributed by atoms with E-state index in [1.54, 1.807) is 6.08 Å². The first-order valence-corrected chi connectivity index (χ1v) is 6.16. The monoisotopic (exact) mass is 280 g/mol. The number of allylic oxidation sites excluding steroid dienone is 1. The molecule has 0 spiro atoms. The van der Waals surface area contributed by atoms with Crippen molar-refractivity contribution in [1.29, 1.82) is 0 Å². The Balaban J connectivity index is 2.26. The second kappa shape index (κ2) is 4.83. The molecule has 0 N–H and O–H groups in total. The third-order valence-electron chi connectivity index (χ3n) is 2.66. The maximum absolute atomic E-state index is 11.4. The number of hydrogen-bond acceptors (Lipinski definition) is 2. The molecule has 0 aliphatic heterocycles. The number of fused-ring (bicyclic) bond motifs is 1. The van der Waals surface area contributed by atoms with Gasteiger partial charge < -0.3 is 4.74 Å². The minimum absolute atomic E-state index is 0.242. The lowest BCUT2D eigenvalue weighted by Crippen LogP contribution is -2.00. The lowest BCUT2D eigenvalue weighted by molar-refractivity contribution is -0.137. The average Bonchev–Trinajstić information content (AvgIpc) is 2.61. The molecule has 0 bridgehead atoms. The van der Waals surface area contributed by atoms with Crippen LogP contribution in [0, 0.1) is 0 Å². The minimum Gasteiger partial charge on any atom is -0.463 e. The molecule has 0 saturated heterocycles. The van der Waals surface area contributed by atoms with Crippen LogP contribution in [0.1, 0.15) is 24.5 Å². The molecule has 0 amide bonds. The second-order valence-electron chi connectivity index (χ2n) is 3.72. The fraction of sp³-hybridized carbons (Fsp3) is 0.308. The highest BCUT2D eigenvalue weighted by Gasteiger charge is 2.17. The van der Waals surface area contributed by atoms with Gasteiger partial charge in [-0.1, -0.05) is 22.0 Å². The number of rotatable bonds is 2. The molecule has 2 nitrogen and oxygen atoms in total. The minimum atomic E-state index is -0.242. The largest absolute Gasteiger partial charge is 0.463 e. The van der Waals surface area contributed by atoms with E-state index in [2.05, 4.69) is 28.1 Å². The molecule has 0 unspecified atom stereocenters. The maximum Gasteiger partial charge on any atom is 0.331 e. The van der Waals surface area contributed by atoms with Gasteiger partial charge in [0.1, 0.15) is 0 Å². The van der Waals surface area contributed by atoms with E-state index in [9.17, 15) is 4.79 Å². The van der Waals surface area contributed by atoms with Gasteiger partial charge in [0.15, 0.2) is 0 Å². The molecule has 1 aromatic carbocycles. The Hall–Kier alpha value is -1.09. The molecule has 16 heavy (non-hydrogen) atoms. The predicted molar refractivity (Wildman–Crippen MR) is 67.1 cm³/mol. The van der Waals surface area contributed by atoms with Gasteiger partial charge in [0.05, 0.1) is 6.61 Å². The summed E-state index contributed by atoms with van der Waals surface area (Å²) in [4.78, 5) is 11.4. The van der Waals surface area contributed by atoms with Gasteiger partial charge in [-0.15, -0.1) is 0 Å². The number of hydrogen-bond donors (Lipinski definition) is 0. The fourth-order valence-corrected chi connectivity index (χ4v) is 2.37. The Morgan fingerprint density at radius 2 is 2.31 bits per heavy atom. The molecule has 84 valence electrons. The first kappa shape index (κ1) is 11.4. The van der Waals surface area contributed by atoms with E-state index in [1.165, 1.54) is 11.1 Å². The molecule has 0 aromatic heterocycles.